The van der Waals surface area contributed by atoms with E-state index in [1.54, 1.807) is 24.3 Å². The molecule has 2 aromatic rings. The van der Waals surface area contributed by atoms with Crippen LogP contribution in [-0.2, 0) is 6.54 Å². The molecule has 0 spiro atoms. The molecular weight excluding hydrogens is 380 g/mol. The molecule has 6 nitrogen and oxygen atoms in total. The molecule has 160 valence electrons. The number of hydrogen-bond donors (Lipinski definition) is 1. The Labute approximate surface area is 177 Å². The van der Waals surface area contributed by atoms with Gasteiger partial charge in [0.15, 0.2) is 5.78 Å². The van der Waals surface area contributed by atoms with Crippen molar-refractivity contribution in [3.05, 3.63) is 56.9 Å². The number of benzene rings is 1. The van der Waals surface area contributed by atoms with E-state index < -0.39 is 11.3 Å². The van der Waals surface area contributed by atoms with Gasteiger partial charge >= 0.3 is 0 Å². The summed E-state index contributed by atoms with van der Waals surface area (Å²) in [6, 6.07) is 8.65. The highest BCUT2D eigenvalue weighted by molar-refractivity contribution is 6.11. The van der Waals surface area contributed by atoms with E-state index in [-0.39, 0.29) is 29.1 Å². The molecule has 0 amide bonds. The highest BCUT2D eigenvalue weighted by atomic mass is 16.5. The van der Waals surface area contributed by atoms with Crippen molar-refractivity contribution in [2.24, 2.45) is 0 Å². The largest absolute Gasteiger partial charge is 0.494 e. The van der Waals surface area contributed by atoms with Crippen molar-refractivity contribution >= 4 is 5.78 Å². The summed E-state index contributed by atoms with van der Waals surface area (Å²) in [5.74, 6) is -0.250. The number of nitrogens with zero attached hydrogens (tertiary/aromatic N) is 2. The van der Waals surface area contributed by atoms with Gasteiger partial charge in [0.25, 0.3) is 5.56 Å². The molecule has 1 heterocycles. The lowest BCUT2D eigenvalue weighted by atomic mass is 9.97. The van der Waals surface area contributed by atoms with Gasteiger partial charge in [0.05, 0.1) is 12.2 Å². The van der Waals surface area contributed by atoms with Gasteiger partial charge in [-0.1, -0.05) is 51.7 Å². The zero-order valence-corrected chi connectivity index (χ0v) is 18.0. The number of rotatable bonds is 11. The van der Waals surface area contributed by atoms with Gasteiger partial charge in [0, 0.05) is 12.1 Å². The number of ether oxygens (including phenoxy) is 1. The van der Waals surface area contributed by atoms with Crippen LogP contribution in [0.1, 0.15) is 79.4 Å². The Morgan fingerprint density at radius 3 is 2.57 bits per heavy atom. The minimum absolute atomic E-state index is 0.00708. The highest BCUT2D eigenvalue weighted by Crippen LogP contribution is 2.26. The van der Waals surface area contributed by atoms with Crippen molar-refractivity contribution in [1.82, 2.24) is 4.57 Å². The molecule has 0 atom stereocenters. The quantitative estimate of drug-likeness (QED) is 0.427. The summed E-state index contributed by atoms with van der Waals surface area (Å²) in [5, 5.41) is 20.3. The molecule has 0 bridgehead atoms. The van der Waals surface area contributed by atoms with Crippen molar-refractivity contribution in [3.8, 4) is 17.7 Å². The molecule has 1 N–H and O–H groups in total. The van der Waals surface area contributed by atoms with Crippen LogP contribution in [0, 0.1) is 18.3 Å². The maximum Gasteiger partial charge on any atom is 0.271 e. The van der Waals surface area contributed by atoms with Crippen LogP contribution < -0.4 is 10.3 Å². The summed E-state index contributed by atoms with van der Waals surface area (Å²) < 4.78 is 6.82. The first-order chi connectivity index (χ1) is 14.5. The fraction of sp³-hybridized carbons (Fsp3) is 0.458. The maximum absolute atomic E-state index is 13.2. The van der Waals surface area contributed by atoms with Crippen molar-refractivity contribution < 1.29 is 14.6 Å². The second-order valence-corrected chi connectivity index (χ2v) is 7.39. The van der Waals surface area contributed by atoms with Crippen LogP contribution in [0.4, 0.5) is 0 Å². The third kappa shape index (κ3) is 5.29. The number of aromatic hydroxyl groups is 1. The monoisotopic (exact) mass is 410 g/mol. The molecule has 0 aliphatic carbocycles. The third-order valence-electron chi connectivity index (χ3n) is 5.13. The smallest absolute Gasteiger partial charge is 0.271 e. The SMILES string of the molecule is CCCCCCn1c(O)c(C(=O)c2cccc(OCCCC)c2)c(C)c(C#N)c1=O. The molecule has 30 heavy (non-hydrogen) atoms. The number of hydrogen-bond acceptors (Lipinski definition) is 5. The molecule has 0 fully saturated rings. The number of nitriles is 1. The normalized spacial score (nSPS) is 10.6. The first-order valence-corrected chi connectivity index (χ1v) is 10.6. The van der Waals surface area contributed by atoms with Crippen LogP contribution in [0.25, 0.3) is 0 Å². The molecule has 0 radical (unpaired) electrons. The van der Waals surface area contributed by atoms with Crippen molar-refractivity contribution in [1.29, 1.82) is 5.26 Å². The number of pyridine rings is 1. The highest BCUT2D eigenvalue weighted by Gasteiger charge is 2.25. The second-order valence-electron chi connectivity index (χ2n) is 7.39. The molecular formula is C24H30N2O4. The first-order valence-electron chi connectivity index (χ1n) is 10.6. The lowest BCUT2D eigenvalue weighted by molar-refractivity contribution is 0.103. The number of unbranched alkanes of at least 4 members (excludes halogenated alkanes) is 4. The molecule has 2 rings (SSSR count). The fourth-order valence-corrected chi connectivity index (χ4v) is 3.33. The summed E-state index contributed by atoms with van der Waals surface area (Å²) in [7, 11) is 0. The van der Waals surface area contributed by atoms with Crippen molar-refractivity contribution in [2.45, 2.75) is 65.8 Å². The van der Waals surface area contributed by atoms with Crippen LogP contribution in [0.5, 0.6) is 11.6 Å². The summed E-state index contributed by atoms with van der Waals surface area (Å²) in [5.41, 5.74) is -0.138. The zero-order valence-electron chi connectivity index (χ0n) is 18.0. The lowest BCUT2D eigenvalue weighted by Gasteiger charge is -2.16. The Kier molecular flexibility index (Phi) is 8.67. The topological polar surface area (TPSA) is 92.3 Å². The maximum atomic E-state index is 13.2. The van der Waals surface area contributed by atoms with Gasteiger partial charge in [-0.3, -0.25) is 14.2 Å². The average Bonchev–Trinajstić information content (AvgIpc) is 2.74. The van der Waals surface area contributed by atoms with E-state index in [2.05, 4.69) is 13.8 Å². The number of carbonyl (C=O) groups excluding carboxylic acids is 1. The van der Waals surface area contributed by atoms with Gasteiger partial charge in [-0.15, -0.1) is 0 Å². The Morgan fingerprint density at radius 1 is 1.17 bits per heavy atom. The summed E-state index contributed by atoms with van der Waals surface area (Å²) in [6.45, 7) is 6.49. The lowest BCUT2D eigenvalue weighted by Crippen LogP contribution is -2.27. The predicted octanol–water partition coefficient (Wildman–Crippen LogP) is 4.72. The van der Waals surface area contributed by atoms with Crippen molar-refractivity contribution in [2.75, 3.05) is 6.61 Å². The van der Waals surface area contributed by atoms with Crippen LogP contribution in [0.3, 0.4) is 0 Å². The van der Waals surface area contributed by atoms with E-state index in [0.29, 0.717) is 24.3 Å². The van der Waals surface area contributed by atoms with Crippen LogP contribution in [0.2, 0.25) is 0 Å². The summed E-state index contributed by atoms with van der Waals surface area (Å²) in [4.78, 5) is 25.9. The molecule has 6 heteroatoms. The number of ketones is 1. The summed E-state index contributed by atoms with van der Waals surface area (Å²) in [6.07, 6.45) is 5.55. The van der Waals surface area contributed by atoms with Crippen LogP contribution in [0.15, 0.2) is 29.1 Å². The molecule has 0 aliphatic heterocycles. The zero-order chi connectivity index (χ0) is 22.1. The van der Waals surface area contributed by atoms with Gasteiger partial charge in [-0.25, -0.2) is 0 Å². The minimum atomic E-state index is -0.558. The molecule has 1 aromatic carbocycles. The van der Waals surface area contributed by atoms with Crippen LogP contribution >= 0.6 is 0 Å². The Hall–Kier alpha value is -3.07. The van der Waals surface area contributed by atoms with Crippen molar-refractivity contribution in [3.63, 3.8) is 0 Å². The first kappa shape index (κ1) is 23.2. The fourth-order valence-electron chi connectivity index (χ4n) is 3.33. The van der Waals surface area contributed by atoms with E-state index in [9.17, 15) is 20.0 Å². The molecule has 0 unspecified atom stereocenters. The second kappa shape index (κ2) is 11.2. The predicted molar refractivity (Wildman–Crippen MR) is 116 cm³/mol. The van der Waals surface area contributed by atoms with E-state index in [0.717, 1.165) is 36.7 Å². The van der Waals surface area contributed by atoms with Crippen LogP contribution in [-0.4, -0.2) is 22.1 Å². The van der Waals surface area contributed by atoms with Gasteiger partial charge in [-0.2, -0.15) is 5.26 Å². The van der Waals surface area contributed by atoms with Gasteiger partial charge in [0.1, 0.15) is 17.4 Å². The third-order valence-corrected chi connectivity index (χ3v) is 5.13. The minimum Gasteiger partial charge on any atom is -0.494 e. The average molecular weight is 411 g/mol. The van der Waals surface area contributed by atoms with Gasteiger partial charge in [-0.05, 0) is 37.5 Å². The number of carbonyl (C=O) groups is 1. The standard InChI is InChI=1S/C24H30N2O4/c1-4-6-8-9-13-26-23(28)20(16-25)17(3)21(24(26)29)22(27)18-11-10-12-19(15-18)30-14-7-5-2/h10-12,15,29H,4-9,13-14H2,1-3H3. The van der Waals surface area contributed by atoms with Gasteiger partial charge < -0.3 is 9.84 Å². The van der Waals surface area contributed by atoms with E-state index in [1.807, 2.05) is 6.07 Å². The Bertz CT molecular complexity index is 986. The Balaban J connectivity index is 2.45. The molecule has 0 saturated heterocycles. The molecule has 0 aliphatic rings. The van der Waals surface area contributed by atoms with E-state index in [1.165, 1.54) is 6.92 Å². The number of aromatic nitrogens is 1. The van der Waals surface area contributed by atoms with E-state index in [4.69, 9.17) is 4.74 Å². The summed E-state index contributed by atoms with van der Waals surface area (Å²) >= 11 is 0. The van der Waals surface area contributed by atoms with Gasteiger partial charge in [0.2, 0.25) is 5.88 Å². The van der Waals surface area contributed by atoms with E-state index >= 15 is 0 Å². The Morgan fingerprint density at radius 2 is 1.90 bits per heavy atom. The molecule has 1 aromatic heterocycles. The molecule has 0 saturated carbocycles.